The van der Waals surface area contributed by atoms with Gasteiger partial charge in [0.1, 0.15) is 0 Å². The van der Waals surface area contributed by atoms with Gasteiger partial charge in [0.25, 0.3) is 12.9 Å². The molecule has 0 rings (SSSR count). The summed E-state index contributed by atoms with van der Waals surface area (Å²) in [5.41, 5.74) is 0. The van der Waals surface area contributed by atoms with Crippen molar-refractivity contribution >= 4 is 38.2 Å². The van der Waals surface area contributed by atoms with E-state index >= 15 is 0 Å². The fourth-order valence-corrected chi connectivity index (χ4v) is 1.34. The summed E-state index contributed by atoms with van der Waals surface area (Å²) >= 11 is 7.99. The topological polar surface area (TPSA) is 76.7 Å². The molecule has 6 nitrogen and oxygen atoms in total. The normalized spacial score (nSPS) is 13.9. The Balaban J connectivity index is 3.55. The maximum absolute atomic E-state index is 10.1. The maximum Gasteiger partial charge on any atom is 0.294 e. The summed E-state index contributed by atoms with van der Waals surface area (Å²) in [6, 6.07) is 0. The third-order valence-corrected chi connectivity index (χ3v) is 2.30. The zero-order valence-electron chi connectivity index (χ0n) is 8.67. The lowest BCUT2D eigenvalue weighted by atomic mass is 10.5. The summed E-state index contributed by atoms with van der Waals surface area (Å²) in [4.78, 5) is 20.1. The predicted molar refractivity (Wildman–Crippen MR) is 65.6 cm³/mol. The molecule has 8 heteroatoms. The Labute approximate surface area is 105 Å². The van der Waals surface area contributed by atoms with Gasteiger partial charge < -0.3 is 9.47 Å². The van der Waals surface area contributed by atoms with Crippen LogP contribution in [0.1, 0.15) is 0 Å². The first-order valence-electron chi connectivity index (χ1n) is 4.65. The average Bonchev–Trinajstić information content (AvgIpc) is 2.31. The molecule has 2 unspecified atom stereocenters. The Hall–Kier alpha value is -0.440. The molecule has 94 valence electrons. The van der Waals surface area contributed by atoms with E-state index in [1.54, 1.807) is 0 Å². The first kappa shape index (κ1) is 15.6. The van der Waals surface area contributed by atoms with Crippen LogP contribution in [-0.2, 0) is 19.1 Å². The molecule has 0 bridgehead atoms. The molecular formula is C8H16N2O4S2. The summed E-state index contributed by atoms with van der Waals surface area (Å²) in [6.45, 7) is 1.83. The van der Waals surface area contributed by atoms with Gasteiger partial charge in [-0.25, -0.2) is 0 Å². The van der Waals surface area contributed by atoms with Gasteiger partial charge in [-0.05, 0) is 0 Å². The second kappa shape index (κ2) is 11.1. The Bertz CT molecular complexity index is 177. The average molecular weight is 268 g/mol. The molecule has 0 spiro atoms. The molecule has 0 aliphatic carbocycles. The van der Waals surface area contributed by atoms with Gasteiger partial charge in [-0.15, -0.1) is 0 Å². The van der Waals surface area contributed by atoms with Gasteiger partial charge in [0, 0.05) is 24.6 Å². The standard InChI is InChI=1S/C8H16N2O4S2/c11-5-13-7(3-15)9-1-2-10-8(4-16)14-6-12/h5-10,15-16H,1-4H2. The largest absolute Gasteiger partial charge is 0.448 e. The van der Waals surface area contributed by atoms with Gasteiger partial charge >= 0.3 is 0 Å². The first-order chi connectivity index (χ1) is 7.78. The molecule has 0 heterocycles. The van der Waals surface area contributed by atoms with Crippen LogP contribution in [-0.4, -0.2) is 50.0 Å². The Morgan fingerprint density at radius 1 is 0.938 bits per heavy atom. The highest BCUT2D eigenvalue weighted by atomic mass is 32.1. The van der Waals surface area contributed by atoms with Crippen molar-refractivity contribution in [3.05, 3.63) is 0 Å². The summed E-state index contributed by atoms with van der Waals surface area (Å²) in [7, 11) is 0. The fourth-order valence-electron chi connectivity index (χ4n) is 0.912. The van der Waals surface area contributed by atoms with Crippen LogP contribution >= 0.6 is 25.3 Å². The van der Waals surface area contributed by atoms with Gasteiger partial charge in [0.05, 0.1) is 0 Å². The van der Waals surface area contributed by atoms with Crippen molar-refractivity contribution in [1.82, 2.24) is 10.6 Å². The molecule has 0 amide bonds. The molecule has 16 heavy (non-hydrogen) atoms. The minimum absolute atomic E-state index is 0.368. The van der Waals surface area contributed by atoms with E-state index < -0.39 is 12.5 Å². The molecule has 2 N–H and O–H groups in total. The van der Waals surface area contributed by atoms with Gasteiger partial charge in [0.2, 0.25) is 0 Å². The lowest BCUT2D eigenvalue weighted by molar-refractivity contribution is -0.135. The van der Waals surface area contributed by atoms with Gasteiger partial charge in [-0.1, -0.05) is 0 Å². The van der Waals surface area contributed by atoms with E-state index in [0.717, 1.165) is 0 Å². The number of hydrogen-bond acceptors (Lipinski definition) is 8. The molecular weight excluding hydrogens is 252 g/mol. The quantitative estimate of drug-likeness (QED) is 0.167. The van der Waals surface area contributed by atoms with Crippen LogP contribution in [0.5, 0.6) is 0 Å². The first-order valence-corrected chi connectivity index (χ1v) is 5.91. The number of carbonyl (C=O) groups excluding carboxylic acids is 2. The van der Waals surface area contributed by atoms with Crippen LogP contribution < -0.4 is 10.6 Å². The van der Waals surface area contributed by atoms with Crippen molar-refractivity contribution in [3.63, 3.8) is 0 Å². The zero-order chi connectivity index (χ0) is 12.2. The number of ether oxygens (including phenoxy) is 2. The van der Waals surface area contributed by atoms with E-state index in [-0.39, 0.29) is 0 Å². The van der Waals surface area contributed by atoms with Crippen molar-refractivity contribution in [2.45, 2.75) is 12.5 Å². The second-order valence-electron chi connectivity index (χ2n) is 2.72. The van der Waals surface area contributed by atoms with Crippen LogP contribution in [0.3, 0.4) is 0 Å². The van der Waals surface area contributed by atoms with Crippen LogP contribution in [0.4, 0.5) is 0 Å². The molecule has 0 saturated heterocycles. The highest BCUT2D eigenvalue weighted by molar-refractivity contribution is 7.80. The molecule has 0 saturated carbocycles. The van der Waals surface area contributed by atoms with Crippen molar-refractivity contribution < 1.29 is 19.1 Å². The minimum Gasteiger partial charge on any atom is -0.448 e. The Kier molecular flexibility index (Phi) is 10.8. The number of carbonyl (C=O) groups is 2. The number of thiol groups is 2. The van der Waals surface area contributed by atoms with Crippen molar-refractivity contribution in [1.29, 1.82) is 0 Å². The van der Waals surface area contributed by atoms with E-state index in [1.165, 1.54) is 0 Å². The van der Waals surface area contributed by atoms with Crippen molar-refractivity contribution in [2.75, 3.05) is 24.6 Å². The Morgan fingerprint density at radius 2 is 1.31 bits per heavy atom. The lowest BCUT2D eigenvalue weighted by Crippen LogP contribution is -2.42. The molecule has 0 aromatic carbocycles. The van der Waals surface area contributed by atoms with Crippen LogP contribution in [0, 0.1) is 0 Å². The predicted octanol–water partition coefficient (Wildman–Crippen LogP) is -0.977. The SMILES string of the molecule is O=COC(CS)NCCNC(CS)OC=O. The van der Waals surface area contributed by atoms with Crippen molar-refractivity contribution in [2.24, 2.45) is 0 Å². The van der Waals surface area contributed by atoms with Crippen LogP contribution in [0.25, 0.3) is 0 Å². The number of rotatable bonds is 11. The molecule has 0 aromatic rings. The van der Waals surface area contributed by atoms with E-state index in [4.69, 9.17) is 0 Å². The Morgan fingerprint density at radius 3 is 1.56 bits per heavy atom. The highest BCUT2D eigenvalue weighted by Crippen LogP contribution is 1.89. The summed E-state index contributed by atoms with van der Waals surface area (Å²) in [5, 5.41) is 5.86. The van der Waals surface area contributed by atoms with Crippen molar-refractivity contribution in [3.8, 4) is 0 Å². The summed E-state index contributed by atoms with van der Waals surface area (Å²) < 4.78 is 9.35. The fraction of sp³-hybridized carbons (Fsp3) is 0.750. The number of nitrogens with one attached hydrogen (secondary N) is 2. The van der Waals surface area contributed by atoms with Gasteiger partial charge in [-0.2, -0.15) is 25.3 Å². The molecule has 0 aromatic heterocycles. The van der Waals surface area contributed by atoms with Crippen LogP contribution in [0.2, 0.25) is 0 Å². The van der Waals surface area contributed by atoms with E-state index in [9.17, 15) is 9.59 Å². The number of hydrogen-bond donors (Lipinski definition) is 4. The molecule has 0 aliphatic rings. The summed E-state index contributed by atoms with van der Waals surface area (Å²) in [5.74, 6) is 0.777. The molecule has 0 radical (unpaired) electrons. The smallest absolute Gasteiger partial charge is 0.294 e. The van der Waals surface area contributed by atoms with E-state index in [1.807, 2.05) is 0 Å². The third-order valence-electron chi connectivity index (χ3n) is 1.64. The van der Waals surface area contributed by atoms with E-state index in [2.05, 4.69) is 45.4 Å². The summed E-state index contributed by atoms with van der Waals surface area (Å²) in [6.07, 6.45) is -0.826. The van der Waals surface area contributed by atoms with Gasteiger partial charge in [0.15, 0.2) is 12.5 Å². The highest BCUT2D eigenvalue weighted by Gasteiger charge is 2.07. The molecule has 0 aliphatic heterocycles. The second-order valence-corrected chi connectivity index (χ2v) is 3.45. The molecule has 0 fully saturated rings. The third kappa shape index (κ3) is 7.80. The monoisotopic (exact) mass is 268 g/mol. The van der Waals surface area contributed by atoms with E-state index in [0.29, 0.717) is 37.5 Å². The molecule has 2 atom stereocenters. The zero-order valence-corrected chi connectivity index (χ0v) is 10.5. The van der Waals surface area contributed by atoms with Crippen LogP contribution in [0.15, 0.2) is 0 Å². The maximum atomic E-state index is 10.1. The lowest BCUT2D eigenvalue weighted by Gasteiger charge is -2.17. The van der Waals surface area contributed by atoms with Gasteiger partial charge in [-0.3, -0.25) is 20.2 Å². The minimum atomic E-state index is -0.413.